The number of hydrogen-bond donors (Lipinski definition) is 1. The van der Waals surface area contributed by atoms with Crippen LogP contribution in [0, 0.1) is 0 Å². The third-order valence-electron chi connectivity index (χ3n) is 2.05. The lowest BCUT2D eigenvalue weighted by molar-refractivity contribution is 0.0940. The summed E-state index contributed by atoms with van der Waals surface area (Å²) in [5, 5.41) is 2.73. The normalized spacial score (nSPS) is 10.2. The van der Waals surface area contributed by atoms with Gasteiger partial charge in [0.05, 0.1) is 25.3 Å². The molecule has 1 N–H and O–H groups in total. The maximum atomic E-state index is 11.6. The lowest BCUT2D eigenvalue weighted by Crippen LogP contribution is -2.24. The fourth-order valence-electron chi connectivity index (χ4n) is 1.25. The van der Waals surface area contributed by atoms with Crippen molar-refractivity contribution in [2.45, 2.75) is 6.54 Å². The Morgan fingerprint density at radius 3 is 3.13 bits per heavy atom. The maximum Gasteiger partial charge on any atom is 0.269 e. The summed E-state index contributed by atoms with van der Waals surface area (Å²) in [5.41, 5.74) is 0.529. The van der Waals surface area contributed by atoms with Crippen LogP contribution < -0.4 is 5.32 Å². The topological polar surface area (TPSA) is 60.1 Å². The Hall–Kier alpha value is -2.04. The molecule has 5 nitrogen and oxygen atoms in total. The van der Waals surface area contributed by atoms with Crippen molar-refractivity contribution >= 4 is 5.91 Å². The molecule has 0 unspecified atom stereocenters. The first-order valence-corrected chi connectivity index (χ1v) is 4.54. The van der Waals surface area contributed by atoms with E-state index in [-0.39, 0.29) is 5.91 Å². The Bertz CT molecular complexity index is 445. The number of nitrogens with one attached hydrogen (secondary N) is 1. The smallest absolute Gasteiger partial charge is 0.269 e. The molecule has 2 rings (SSSR count). The van der Waals surface area contributed by atoms with Gasteiger partial charge in [0, 0.05) is 7.05 Å². The molecule has 1 amide bonds. The summed E-state index contributed by atoms with van der Waals surface area (Å²) in [6.45, 7) is 0.386. The van der Waals surface area contributed by atoms with Gasteiger partial charge in [-0.3, -0.25) is 4.79 Å². The van der Waals surface area contributed by atoms with Gasteiger partial charge >= 0.3 is 0 Å². The number of aromatic nitrogens is 2. The summed E-state index contributed by atoms with van der Waals surface area (Å²) in [7, 11) is 1.77. The zero-order chi connectivity index (χ0) is 10.7. The van der Waals surface area contributed by atoms with Crippen molar-refractivity contribution in [2.75, 3.05) is 0 Å². The van der Waals surface area contributed by atoms with Crippen LogP contribution in [0.15, 0.2) is 35.3 Å². The highest BCUT2D eigenvalue weighted by molar-refractivity contribution is 5.92. The van der Waals surface area contributed by atoms with Crippen LogP contribution in [0.25, 0.3) is 0 Å². The van der Waals surface area contributed by atoms with Gasteiger partial charge in [-0.2, -0.15) is 0 Å². The van der Waals surface area contributed by atoms with Gasteiger partial charge in [0.15, 0.2) is 0 Å². The van der Waals surface area contributed by atoms with Crippen molar-refractivity contribution in [1.82, 2.24) is 14.9 Å². The number of nitrogens with zero attached hydrogens (tertiary/aromatic N) is 2. The van der Waals surface area contributed by atoms with Crippen molar-refractivity contribution in [3.8, 4) is 0 Å². The van der Waals surface area contributed by atoms with Crippen LogP contribution in [0.3, 0.4) is 0 Å². The number of amides is 1. The number of rotatable bonds is 3. The third-order valence-corrected chi connectivity index (χ3v) is 2.05. The molecule has 78 valence electrons. The highest BCUT2D eigenvalue weighted by atomic mass is 16.3. The second-order valence-corrected chi connectivity index (χ2v) is 3.15. The molecular formula is C10H11N3O2. The summed E-state index contributed by atoms with van der Waals surface area (Å²) in [4.78, 5) is 15.5. The van der Waals surface area contributed by atoms with Crippen LogP contribution in [0.4, 0.5) is 0 Å². The quantitative estimate of drug-likeness (QED) is 0.811. The van der Waals surface area contributed by atoms with Crippen LogP contribution in [-0.2, 0) is 13.6 Å². The predicted molar refractivity (Wildman–Crippen MR) is 53.1 cm³/mol. The fraction of sp³-hybridized carbons (Fsp3) is 0.200. The lowest BCUT2D eigenvalue weighted by Gasteiger charge is -2.02. The Balaban J connectivity index is 1.96. The third kappa shape index (κ3) is 2.07. The number of furan rings is 1. The van der Waals surface area contributed by atoms with E-state index in [0.29, 0.717) is 12.2 Å². The molecule has 0 aliphatic carbocycles. The van der Waals surface area contributed by atoms with Crippen molar-refractivity contribution < 1.29 is 9.21 Å². The van der Waals surface area contributed by atoms with Gasteiger partial charge < -0.3 is 14.3 Å². The van der Waals surface area contributed by atoms with Crippen LogP contribution in [0.2, 0.25) is 0 Å². The standard InChI is InChI=1S/C10H11N3O2/c1-13-7-11-6-9(13)10(14)12-5-8-3-2-4-15-8/h2-4,6-7H,5H2,1H3,(H,12,14). The molecule has 0 aliphatic heterocycles. The van der Waals surface area contributed by atoms with Crippen LogP contribution in [-0.4, -0.2) is 15.5 Å². The average molecular weight is 205 g/mol. The minimum absolute atomic E-state index is 0.161. The molecule has 15 heavy (non-hydrogen) atoms. The molecule has 2 heterocycles. The van der Waals surface area contributed by atoms with E-state index in [0.717, 1.165) is 5.76 Å². The van der Waals surface area contributed by atoms with Crippen molar-refractivity contribution in [3.63, 3.8) is 0 Å². The predicted octanol–water partition coefficient (Wildman–Crippen LogP) is 0.943. The highest BCUT2D eigenvalue weighted by Crippen LogP contribution is 2.00. The van der Waals surface area contributed by atoms with Crippen LogP contribution >= 0.6 is 0 Å². The minimum atomic E-state index is -0.161. The van der Waals surface area contributed by atoms with Gasteiger partial charge in [-0.05, 0) is 12.1 Å². The Morgan fingerprint density at radius 1 is 1.67 bits per heavy atom. The van der Waals surface area contributed by atoms with Crippen LogP contribution in [0.5, 0.6) is 0 Å². The van der Waals surface area contributed by atoms with Crippen LogP contribution in [0.1, 0.15) is 16.2 Å². The lowest BCUT2D eigenvalue weighted by atomic mass is 10.4. The Labute approximate surface area is 86.7 Å². The molecule has 0 atom stereocenters. The molecule has 0 saturated heterocycles. The van der Waals surface area contributed by atoms with Gasteiger partial charge in [-0.15, -0.1) is 0 Å². The average Bonchev–Trinajstić information content (AvgIpc) is 2.84. The number of hydrogen-bond acceptors (Lipinski definition) is 3. The van der Waals surface area contributed by atoms with E-state index in [1.165, 1.54) is 6.20 Å². The van der Waals surface area contributed by atoms with E-state index < -0.39 is 0 Å². The second-order valence-electron chi connectivity index (χ2n) is 3.15. The van der Waals surface area contributed by atoms with Gasteiger partial charge in [-0.25, -0.2) is 4.98 Å². The monoisotopic (exact) mass is 205 g/mol. The van der Waals surface area contributed by atoms with Crippen molar-refractivity contribution in [1.29, 1.82) is 0 Å². The molecule has 0 spiro atoms. The number of carbonyl (C=O) groups excluding carboxylic acids is 1. The molecule has 0 saturated carbocycles. The van der Waals surface area contributed by atoms with Gasteiger partial charge in [0.25, 0.3) is 5.91 Å². The first kappa shape index (κ1) is 9.51. The maximum absolute atomic E-state index is 11.6. The molecular weight excluding hydrogens is 194 g/mol. The Kier molecular flexibility index (Phi) is 2.53. The number of aryl methyl sites for hydroxylation is 1. The zero-order valence-corrected chi connectivity index (χ0v) is 8.30. The summed E-state index contributed by atoms with van der Waals surface area (Å²) in [5.74, 6) is 0.567. The molecule has 2 aromatic heterocycles. The first-order chi connectivity index (χ1) is 7.27. The van der Waals surface area contributed by atoms with E-state index in [1.54, 1.807) is 30.3 Å². The second kappa shape index (κ2) is 4.00. The summed E-state index contributed by atoms with van der Waals surface area (Å²) < 4.78 is 6.76. The van der Waals surface area contributed by atoms with Gasteiger partial charge in [0.1, 0.15) is 11.5 Å². The summed E-state index contributed by atoms with van der Waals surface area (Å²) >= 11 is 0. The molecule has 2 aromatic rings. The number of imidazole rings is 1. The minimum Gasteiger partial charge on any atom is -0.467 e. The molecule has 0 fully saturated rings. The summed E-state index contributed by atoms with van der Waals surface area (Å²) in [6.07, 6.45) is 4.69. The SMILES string of the molecule is Cn1cncc1C(=O)NCc1ccco1. The molecule has 5 heteroatoms. The number of carbonyl (C=O) groups is 1. The first-order valence-electron chi connectivity index (χ1n) is 4.54. The van der Waals surface area contributed by atoms with Gasteiger partial charge in [-0.1, -0.05) is 0 Å². The van der Waals surface area contributed by atoms with E-state index in [9.17, 15) is 4.79 Å². The molecule has 0 radical (unpaired) electrons. The van der Waals surface area contributed by atoms with Gasteiger partial charge in [0.2, 0.25) is 0 Å². The van der Waals surface area contributed by atoms with E-state index >= 15 is 0 Å². The van der Waals surface area contributed by atoms with Crippen molar-refractivity contribution in [2.24, 2.45) is 7.05 Å². The van der Waals surface area contributed by atoms with E-state index in [4.69, 9.17) is 4.42 Å². The van der Waals surface area contributed by atoms with E-state index in [1.807, 2.05) is 6.07 Å². The molecule has 0 bridgehead atoms. The summed E-state index contributed by atoms with van der Waals surface area (Å²) in [6, 6.07) is 3.59. The molecule has 0 aromatic carbocycles. The Morgan fingerprint density at radius 2 is 2.53 bits per heavy atom. The fourth-order valence-corrected chi connectivity index (χ4v) is 1.25. The highest BCUT2D eigenvalue weighted by Gasteiger charge is 2.09. The van der Waals surface area contributed by atoms with Crippen molar-refractivity contribution in [3.05, 3.63) is 42.4 Å². The van der Waals surface area contributed by atoms with E-state index in [2.05, 4.69) is 10.3 Å². The largest absolute Gasteiger partial charge is 0.467 e. The zero-order valence-electron chi connectivity index (χ0n) is 8.30. The molecule has 0 aliphatic rings.